The van der Waals surface area contributed by atoms with E-state index in [0.29, 0.717) is 0 Å². The number of ether oxygens (including phenoxy) is 2. The van der Waals surface area contributed by atoms with Gasteiger partial charge in [-0.1, -0.05) is 12.1 Å². The molecule has 2 aliphatic rings. The molecule has 5 heteroatoms. The van der Waals surface area contributed by atoms with E-state index in [2.05, 4.69) is 28.2 Å². The molecular weight excluding hydrogens is 314 g/mol. The Morgan fingerprint density at radius 1 is 1.04 bits per heavy atom. The lowest BCUT2D eigenvalue weighted by Gasteiger charge is -2.32. The van der Waals surface area contributed by atoms with Crippen molar-refractivity contribution in [3.05, 3.63) is 59.9 Å². The molecule has 25 heavy (non-hydrogen) atoms. The summed E-state index contributed by atoms with van der Waals surface area (Å²) in [4.78, 5) is 11.2. The van der Waals surface area contributed by atoms with Gasteiger partial charge in [-0.05, 0) is 55.2 Å². The molecule has 4 heterocycles. The molecule has 0 radical (unpaired) electrons. The van der Waals surface area contributed by atoms with Crippen molar-refractivity contribution in [2.75, 3.05) is 11.5 Å². The highest BCUT2D eigenvalue weighted by molar-refractivity contribution is 5.85. The molecule has 0 N–H and O–H groups in total. The normalized spacial score (nSPS) is 14.7. The predicted molar refractivity (Wildman–Crippen MR) is 95.3 cm³/mol. The minimum absolute atomic E-state index is 0.718. The molecule has 5 nitrogen and oxygen atoms in total. The number of para-hydroxylation sites is 1. The van der Waals surface area contributed by atoms with Crippen LogP contribution in [0.5, 0.6) is 17.2 Å². The van der Waals surface area contributed by atoms with Gasteiger partial charge in [0.1, 0.15) is 5.75 Å². The van der Waals surface area contributed by atoms with Crippen molar-refractivity contribution in [2.45, 2.75) is 19.8 Å². The number of rotatable bonds is 1. The predicted octanol–water partition coefficient (Wildman–Crippen LogP) is 4.69. The standard InChI is InChI=1S/C20H17N3O2/c1-13-11-17-20(22-12-13)23(19-16(25-17)8-3-9-21-19)15-7-2-5-14-6-4-10-24-18(14)15/h2-3,5,7-9,11-12H,4,6,10H2,1H3. The van der Waals surface area contributed by atoms with Gasteiger partial charge in [0.25, 0.3) is 0 Å². The highest BCUT2D eigenvalue weighted by atomic mass is 16.5. The van der Waals surface area contributed by atoms with Gasteiger partial charge in [-0.3, -0.25) is 4.90 Å². The Kier molecular flexibility index (Phi) is 3.13. The van der Waals surface area contributed by atoms with Gasteiger partial charge in [0.15, 0.2) is 23.1 Å². The first-order chi connectivity index (χ1) is 12.3. The summed E-state index contributed by atoms with van der Waals surface area (Å²) in [5.41, 5.74) is 3.23. The number of benzene rings is 1. The van der Waals surface area contributed by atoms with E-state index in [0.717, 1.165) is 59.6 Å². The van der Waals surface area contributed by atoms with Gasteiger partial charge in [-0.25, -0.2) is 9.97 Å². The van der Waals surface area contributed by atoms with Crippen LogP contribution in [0, 0.1) is 6.92 Å². The summed E-state index contributed by atoms with van der Waals surface area (Å²) in [7, 11) is 0. The SMILES string of the molecule is Cc1cnc2c(c1)Oc1cccnc1N2c1cccc2c1OCCC2. The van der Waals surface area contributed by atoms with Crippen LogP contribution in [0.4, 0.5) is 17.3 Å². The number of hydrogen-bond acceptors (Lipinski definition) is 5. The molecule has 0 unspecified atom stereocenters. The lowest BCUT2D eigenvalue weighted by Crippen LogP contribution is -2.21. The topological polar surface area (TPSA) is 47.5 Å². The molecule has 0 bridgehead atoms. The molecule has 0 aliphatic carbocycles. The third kappa shape index (κ3) is 2.23. The molecular formula is C20H17N3O2. The van der Waals surface area contributed by atoms with E-state index in [1.807, 2.05) is 36.2 Å². The molecule has 124 valence electrons. The summed E-state index contributed by atoms with van der Waals surface area (Å²) in [5.74, 6) is 3.83. The van der Waals surface area contributed by atoms with Crippen LogP contribution in [-0.2, 0) is 6.42 Å². The smallest absolute Gasteiger partial charge is 0.182 e. The fraction of sp³-hybridized carbons (Fsp3) is 0.200. The van der Waals surface area contributed by atoms with Crippen LogP contribution in [0.1, 0.15) is 17.5 Å². The molecule has 3 aromatic rings. The van der Waals surface area contributed by atoms with E-state index >= 15 is 0 Å². The highest BCUT2D eigenvalue weighted by Crippen LogP contribution is 2.51. The van der Waals surface area contributed by atoms with Crippen LogP contribution in [0.2, 0.25) is 0 Å². The lowest BCUT2D eigenvalue weighted by atomic mass is 10.0. The van der Waals surface area contributed by atoms with Crippen molar-refractivity contribution in [2.24, 2.45) is 0 Å². The molecule has 0 spiro atoms. The molecule has 0 saturated carbocycles. The van der Waals surface area contributed by atoms with Crippen LogP contribution < -0.4 is 14.4 Å². The van der Waals surface area contributed by atoms with Crippen molar-refractivity contribution in [1.82, 2.24) is 9.97 Å². The number of aryl methyl sites for hydroxylation is 2. The summed E-state index contributed by atoms with van der Waals surface area (Å²) >= 11 is 0. The molecule has 1 aromatic carbocycles. The second-order valence-electron chi connectivity index (χ2n) is 6.31. The van der Waals surface area contributed by atoms with Crippen molar-refractivity contribution in [1.29, 1.82) is 0 Å². The van der Waals surface area contributed by atoms with E-state index in [-0.39, 0.29) is 0 Å². The third-order valence-electron chi connectivity index (χ3n) is 4.52. The van der Waals surface area contributed by atoms with E-state index in [9.17, 15) is 0 Å². The molecule has 0 fully saturated rings. The largest absolute Gasteiger partial charge is 0.491 e. The first kappa shape index (κ1) is 14.3. The zero-order valence-corrected chi connectivity index (χ0v) is 13.9. The Labute approximate surface area is 145 Å². The molecule has 5 rings (SSSR count). The lowest BCUT2D eigenvalue weighted by molar-refractivity contribution is 0.289. The maximum atomic E-state index is 6.05. The minimum atomic E-state index is 0.718. The summed E-state index contributed by atoms with van der Waals surface area (Å²) in [6, 6.07) is 12.1. The van der Waals surface area contributed by atoms with E-state index in [4.69, 9.17) is 9.47 Å². The van der Waals surface area contributed by atoms with Crippen molar-refractivity contribution in [3.63, 3.8) is 0 Å². The van der Waals surface area contributed by atoms with E-state index < -0.39 is 0 Å². The quantitative estimate of drug-likeness (QED) is 0.506. The van der Waals surface area contributed by atoms with Crippen molar-refractivity contribution >= 4 is 17.3 Å². The Morgan fingerprint density at radius 2 is 1.96 bits per heavy atom. The summed E-state index contributed by atoms with van der Waals surface area (Å²) in [6.45, 7) is 2.74. The first-order valence-corrected chi connectivity index (χ1v) is 8.45. The number of fused-ring (bicyclic) bond motifs is 3. The average molecular weight is 331 g/mol. The fourth-order valence-electron chi connectivity index (χ4n) is 3.40. The summed E-state index contributed by atoms with van der Waals surface area (Å²) < 4.78 is 12.1. The highest BCUT2D eigenvalue weighted by Gasteiger charge is 2.31. The maximum Gasteiger partial charge on any atom is 0.182 e. The Hall–Kier alpha value is -3.08. The Morgan fingerprint density at radius 3 is 2.92 bits per heavy atom. The summed E-state index contributed by atoms with van der Waals surface area (Å²) in [5, 5.41) is 0. The molecule has 0 amide bonds. The number of anilines is 3. The van der Waals surface area contributed by atoms with Crippen molar-refractivity contribution < 1.29 is 9.47 Å². The molecule has 0 atom stereocenters. The fourth-order valence-corrected chi connectivity index (χ4v) is 3.40. The van der Waals surface area contributed by atoms with Gasteiger partial charge in [0.2, 0.25) is 0 Å². The summed E-state index contributed by atoms with van der Waals surface area (Å²) in [6.07, 6.45) is 5.68. The monoisotopic (exact) mass is 331 g/mol. The van der Waals surface area contributed by atoms with Crippen LogP contribution in [-0.4, -0.2) is 16.6 Å². The number of hydrogen-bond donors (Lipinski definition) is 0. The third-order valence-corrected chi connectivity index (χ3v) is 4.52. The number of nitrogens with zero attached hydrogens (tertiary/aromatic N) is 3. The average Bonchev–Trinajstić information content (AvgIpc) is 2.65. The van der Waals surface area contributed by atoms with Crippen LogP contribution in [0.3, 0.4) is 0 Å². The van der Waals surface area contributed by atoms with Crippen LogP contribution in [0.15, 0.2) is 48.8 Å². The second kappa shape index (κ2) is 5.48. The van der Waals surface area contributed by atoms with Crippen LogP contribution >= 0.6 is 0 Å². The molecule has 2 aliphatic heterocycles. The van der Waals surface area contributed by atoms with Gasteiger partial charge in [-0.2, -0.15) is 0 Å². The number of aromatic nitrogens is 2. The van der Waals surface area contributed by atoms with Gasteiger partial charge in [0.05, 0.1) is 12.3 Å². The minimum Gasteiger partial charge on any atom is -0.491 e. The van der Waals surface area contributed by atoms with Crippen molar-refractivity contribution in [3.8, 4) is 17.2 Å². The van der Waals surface area contributed by atoms with Gasteiger partial charge < -0.3 is 9.47 Å². The second-order valence-corrected chi connectivity index (χ2v) is 6.31. The molecule has 2 aromatic heterocycles. The van der Waals surface area contributed by atoms with Gasteiger partial charge in [-0.15, -0.1) is 0 Å². The Bertz CT molecular complexity index is 971. The number of pyridine rings is 2. The zero-order valence-electron chi connectivity index (χ0n) is 13.9. The van der Waals surface area contributed by atoms with E-state index in [1.54, 1.807) is 6.20 Å². The van der Waals surface area contributed by atoms with E-state index in [1.165, 1.54) is 5.56 Å². The Balaban J connectivity index is 1.77. The van der Waals surface area contributed by atoms with Crippen LogP contribution in [0.25, 0.3) is 0 Å². The van der Waals surface area contributed by atoms with Gasteiger partial charge in [0, 0.05) is 12.4 Å². The zero-order chi connectivity index (χ0) is 16.8. The first-order valence-electron chi connectivity index (χ1n) is 8.45. The maximum absolute atomic E-state index is 6.05. The van der Waals surface area contributed by atoms with Gasteiger partial charge >= 0.3 is 0 Å². The molecule has 0 saturated heterocycles.